The lowest BCUT2D eigenvalue weighted by Gasteiger charge is -2.28. The number of rotatable bonds is 19. The van der Waals surface area contributed by atoms with E-state index in [9.17, 15) is 9.59 Å². The second kappa shape index (κ2) is 15.7. The maximum Gasteiger partial charge on any atom is 0.261 e. The Balaban J connectivity index is 1.52. The number of imide groups is 1. The van der Waals surface area contributed by atoms with E-state index in [2.05, 4.69) is 19.2 Å². The number of unbranched alkanes of at least 4 members (excludes halogenated alkanes) is 14. The summed E-state index contributed by atoms with van der Waals surface area (Å²) in [6.07, 6.45) is 20.0. The molecule has 0 bridgehead atoms. The number of carbonyl (C=O) groups is 2. The van der Waals surface area contributed by atoms with Crippen LogP contribution in [0.4, 0.5) is 5.69 Å². The van der Waals surface area contributed by atoms with E-state index in [1.807, 2.05) is 30.3 Å². The van der Waals surface area contributed by atoms with Gasteiger partial charge in [-0.05, 0) is 31.0 Å². The smallest absolute Gasteiger partial charge is 0.261 e. The molecule has 4 nitrogen and oxygen atoms in total. The number of carbonyl (C=O) groups excluding carboxylic acids is 2. The summed E-state index contributed by atoms with van der Waals surface area (Å²) < 4.78 is 0. The maximum absolute atomic E-state index is 13.3. The molecule has 1 aliphatic rings. The van der Waals surface area contributed by atoms with Crippen LogP contribution in [0.2, 0.25) is 0 Å². The topological polar surface area (TPSA) is 49.4 Å². The first-order valence-electron chi connectivity index (χ1n) is 14.8. The number of nitrogens with zero attached hydrogens (tertiary/aromatic N) is 1. The van der Waals surface area contributed by atoms with Gasteiger partial charge in [-0.25, -0.2) is 0 Å². The number of hydrogen-bond donors (Lipinski definition) is 1. The largest absolute Gasteiger partial charge is 0.385 e. The predicted octanol–water partition coefficient (Wildman–Crippen LogP) is 9.13. The molecule has 1 N–H and O–H groups in total. The fourth-order valence-electron chi connectivity index (χ4n) is 5.39. The Morgan fingerprint density at radius 2 is 1.14 bits per heavy atom. The zero-order valence-corrected chi connectivity index (χ0v) is 22.9. The molecule has 0 aromatic heterocycles. The minimum atomic E-state index is -0.138. The van der Waals surface area contributed by atoms with Gasteiger partial charge in [0.25, 0.3) is 11.8 Å². The zero-order chi connectivity index (χ0) is 25.6. The third-order valence-corrected chi connectivity index (χ3v) is 7.57. The number of anilines is 1. The molecular formula is C32H48N2O2. The molecule has 1 aliphatic heterocycles. The fourth-order valence-corrected chi connectivity index (χ4v) is 5.39. The van der Waals surface area contributed by atoms with Crippen molar-refractivity contribution < 1.29 is 9.59 Å². The van der Waals surface area contributed by atoms with Gasteiger partial charge in [0.2, 0.25) is 0 Å². The van der Waals surface area contributed by atoms with Gasteiger partial charge in [-0.2, -0.15) is 0 Å². The molecule has 2 aromatic rings. The van der Waals surface area contributed by atoms with Crippen molar-refractivity contribution in [3.8, 4) is 0 Å². The number of benzene rings is 2. The van der Waals surface area contributed by atoms with Crippen LogP contribution in [0.1, 0.15) is 137 Å². The van der Waals surface area contributed by atoms with Crippen molar-refractivity contribution in [2.75, 3.05) is 18.4 Å². The summed E-state index contributed by atoms with van der Waals surface area (Å²) in [5.74, 6) is -0.275. The Morgan fingerprint density at radius 3 is 1.75 bits per heavy atom. The Morgan fingerprint density at radius 1 is 0.611 bits per heavy atom. The number of amides is 2. The van der Waals surface area contributed by atoms with E-state index in [-0.39, 0.29) is 11.8 Å². The van der Waals surface area contributed by atoms with Crippen molar-refractivity contribution in [1.82, 2.24) is 4.90 Å². The molecule has 2 amide bonds. The molecule has 2 aromatic carbocycles. The highest BCUT2D eigenvalue weighted by Crippen LogP contribution is 2.34. The van der Waals surface area contributed by atoms with Gasteiger partial charge in [0.1, 0.15) is 0 Å². The van der Waals surface area contributed by atoms with Crippen LogP contribution in [0.3, 0.4) is 0 Å². The molecule has 3 rings (SSSR count). The van der Waals surface area contributed by atoms with Crippen LogP contribution in [0.15, 0.2) is 30.3 Å². The van der Waals surface area contributed by atoms with Gasteiger partial charge >= 0.3 is 0 Å². The SMILES string of the molecule is CCCCCCCCCCNc1ccc2c3c(cccc13)C(=O)N(CCCCCCCCCC)C2=O. The van der Waals surface area contributed by atoms with Gasteiger partial charge in [-0.3, -0.25) is 14.5 Å². The molecule has 0 unspecified atom stereocenters. The molecule has 0 saturated heterocycles. The Labute approximate surface area is 219 Å². The van der Waals surface area contributed by atoms with Crippen molar-refractivity contribution in [3.63, 3.8) is 0 Å². The summed E-state index contributed by atoms with van der Waals surface area (Å²) in [5, 5.41) is 5.38. The van der Waals surface area contributed by atoms with Crippen LogP contribution in [0, 0.1) is 0 Å². The molecule has 198 valence electrons. The van der Waals surface area contributed by atoms with Crippen LogP contribution in [0.25, 0.3) is 10.8 Å². The van der Waals surface area contributed by atoms with E-state index in [0.29, 0.717) is 17.7 Å². The van der Waals surface area contributed by atoms with Crippen molar-refractivity contribution >= 4 is 28.3 Å². The Bertz CT molecular complexity index is 946. The van der Waals surface area contributed by atoms with E-state index < -0.39 is 0 Å². The summed E-state index contributed by atoms with van der Waals surface area (Å²) in [6, 6.07) is 9.80. The van der Waals surface area contributed by atoms with Crippen LogP contribution < -0.4 is 5.32 Å². The van der Waals surface area contributed by atoms with Gasteiger partial charge in [-0.15, -0.1) is 0 Å². The standard InChI is InChI=1S/C32H48N2O2/c1-3-5-7-9-11-13-15-17-24-33-29-23-22-28-30-26(29)20-19-21-27(30)31(35)34(32(28)36)25-18-16-14-12-10-8-6-4-2/h19-23,33H,3-18,24-25H2,1-2H3. The fraction of sp³-hybridized carbons (Fsp3) is 0.625. The lowest BCUT2D eigenvalue weighted by molar-refractivity contribution is 0.0607. The van der Waals surface area contributed by atoms with Gasteiger partial charge < -0.3 is 5.32 Å². The van der Waals surface area contributed by atoms with E-state index in [1.54, 1.807) is 0 Å². The van der Waals surface area contributed by atoms with Crippen molar-refractivity contribution in [2.45, 2.75) is 117 Å². The van der Waals surface area contributed by atoms with Crippen molar-refractivity contribution in [2.24, 2.45) is 0 Å². The van der Waals surface area contributed by atoms with Crippen LogP contribution >= 0.6 is 0 Å². The van der Waals surface area contributed by atoms with Crippen molar-refractivity contribution in [1.29, 1.82) is 0 Å². The van der Waals surface area contributed by atoms with Crippen LogP contribution in [-0.4, -0.2) is 29.8 Å². The summed E-state index contributed by atoms with van der Waals surface area (Å²) in [5.41, 5.74) is 2.35. The van der Waals surface area contributed by atoms with E-state index in [0.717, 1.165) is 42.3 Å². The van der Waals surface area contributed by atoms with E-state index in [4.69, 9.17) is 0 Å². The monoisotopic (exact) mass is 492 g/mol. The van der Waals surface area contributed by atoms with E-state index in [1.165, 1.54) is 88.4 Å². The number of nitrogens with one attached hydrogen (secondary N) is 1. The molecule has 0 atom stereocenters. The molecule has 0 saturated carbocycles. The number of hydrogen-bond acceptors (Lipinski definition) is 3. The first kappa shape index (κ1) is 28.2. The average molecular weight is 493 g/mol. The summed E-state index contributed by atoms with van der Waals surface area (Å²) in [6.45, 7) is 5.93. The van der Waals surface area contributed by atoms with Gasteiger partial charge in [0, 0.05) is 40.7 Å². The average Bonchev–Trinajstić information content (AvgIpc) is 2.89. The normalized spacial score (nSPS) is 13.1. The second-order valence-corrected chi connectivity index (χ2v) is 10.5. The van der Waals surface area contributed by atoms with Crippen molar-refractivity contribution in [3.05, 3.63) is 41.5 Å². The molecular weight excluding hydrogens is 444 g/mol. The maximum atomic E-state index is 13.3. The van der Waals surface area contributed by atoms with Crippen LogP contribution in [-0.2, 0) is 0 Å². The third kappa shape index (κ3) is 7.82. The molecule has 0 fully saturated rings. The zero-order valence-electron chi connectivity index (χ0n) is 22.9. The second-order valence-electron chi connectivity index (χ2n) is 10.5. The summed E-state index contributed by atoms with van der Waals surface area (Å²) >= 11 is 0. The molecule has 1 heterocycles. The predicted molar refractivity (Wildman–Crippen MR) is 153 cm³/mol. The highest BCUT2D eigenvalue weighted by molar-refractivity contribution is 6.26. The van der Waals surface area contributed by atoms with Gasteiger partial charge in [0.15, 0.2) is 0 Å². The van der Waals surface area contributed by atoms with Gasteiger partial charge in [0.05, 0.1) is 0 Å². The highest BCUT2D eigenvalue weighted by atomic mass is 16.2. The molecule has 0 radical (unpaired) electrons. The minimum absolute atomic E-state index is 0.138. The molecule has 36 heavy (non-hydrogen) atoms. The Kier molecular flexibility index (Phi) is 12.3. The first-order valence-corrected chi connectivity index (χ1v) is 14.8. The third-order valence-electron chi connectivity index (χ3n) is 7.57. The minimum Gasteiger partial charge on any atom is -0.385 e. The lowest BCUT2D eigenvalue weighted by atomic mass is 9.92. The molecule has 4 heteroatoms. The van der Waals surface area contributed by atoms with Gasteiger partial charge in [-0.1, -0.05) is 116 Å². The highest BCUT2D eigenvalue weighted by Gasteiger charge is 2.32. The molecule has 0 spiro atoms. The summed E-state index contributed by atoms with van der Waals surface area (Å²) in [7, 11) is 0. The quantitative estimate of drug-likeness (QED) is 0.157. The Hall–Kier alpha value is -2.36. The van der Waals surface area contributed by atoms with E-state index >= 15 is 0 Å². The first-order chi connectivity index (χ1) is 17.7. The molecule has 0 aliphatic carbocycles. The summed E-state index contributed by atoms with van der Waals surface area (Å²) in [4.78, 5) is 28.0. The lowest BCUT2D eigenvalue weighted by Crippen LogP contribution is -2.40. The van der Waals surface area contributed by atoms with Crippen LogP contribution in [0.5, 0.6) is 0 Å².